The lowest BCUT2D eigenvalue weighted by Gasteiger charge is -2.09. The van der Waals surface area contributed by atoms with Crippen molar-refractivity contribution in [3.8, 4) is 17.6 Å². The zero-order chi connectivity index (χ0) is 12.2. The summed E-state index contributed by atoms with van der Waals surface area (Å²) in [4.78, 5) is 0. The fourth-order valence-electron chi connectivity index (χ4n) is 0.929. The molecular formula is C10H6BrF3O2. The highest BCUT2D eigenvalue weighted by atomic mass is 79.9. The lowest BCUT2D eigenvalue weighted by molar-refractivity contribution is -0.274. The van der Waals surface area contributed by atoms with E-state index in [9.17, 15) is 13.2 Å². The molecule has 0 radical (unpaired) electrons. The van der Waals surface area contributed by atoms with Gasteiger partial charge >= 0.3 is 6.36 Å². The minimum absolute atomic E-state index is 0.312. The van der Waals surface area contributed by atoms with Crippen molar-refractivity contribution in [1.29, 1.82) is 0 Å². The molecule has 0 aliphatic rings. The predicted molar refractivity (Wildman–Crippen MR) is 54.8 cm³/mol. The van der Waals surface area contributed by atoms with Crippen LogP contribution in [0.1, 0.15) is 5.56 Å². The standard InChI is InChI=1S/C10H6BrF3O2/c11-9-6-8(16-10(12,13)14)4-3-7(9)2-1-5-15/h3-4,6,15H,5H2. The van der Waals surface area contributed by atoms with E-state index in [1.165, 1.54) is 6.07 Å². The normalized spacial score (nSPS) is 10.6. The molecule has 0 saturated heterocycles. The molecular weight excluding hydrogens is 289 g/mol. The Bertz CT molecular complexity index is 432. The average Bonchev–Trinajstić information content (AvgIpc) is 2.14. The van der Waals surface area contributed by atoms with E-state index in [0.717, 1.165) is 12.1 Å². The van der Waals surface area contributed by atoms with Gasteiger partial charge in [-0.25, -0.2) is 0 Å². The summed E-state index contributed by atoms with van der Waals surface area (Å²) in [7, 11) is 0. The number of ether oxygens (including phenoxy) is 1. The second kappa shape index (κ2) is 5.23. The van der Waals surface area contributed by atoms with E-state index < -0.39 is 6.36 Å². The van der Waals surface area contributed by atoms with Gasteiger partial charge in [0.1, 0.15) is 12.4 Å². The lowest BCUT2D eigenvalue weighted by Crippen LogP contribution is -2.17. The Labute approximate surface area is 98.2 Å². The fraction of sp³-hybridized carbons (Fsp3) is 0.200. The number of alkyl halides is 3. The Kier molecular flexibility index (Phi) is 4.21. The van der Waals surface area contributed by atoms with Gasteiger partial charge in [0.2, 0.25) is 0 Å². The molecule has 2 nitrogen and oxygen atoms in total. The molecule has 0 spiro atoms. The van der Waals surface area contributed by atoms with Crippen molar-refractivity contribution < 1.29 is 23.0 Å². The van der Waals surface area contributed by atoms with Crippen LogP contribution in [-0.2, 0) is 0 Å². The van der Waals surface area contributed by atoms with Gasteiger partial charge in [0.05, 0.1) is 0 Å². The first-order chi connectivity index (χ1) is 7.42. The third kappa shape index (κ3) is 4.13. The van der Waals surface area contributed by atoms with Crippen molar-refractivity contribution in [2.75, 3.05) is 6.61 Å². The maximum atomic E-state index is 11.9. The number of hydrogen-bond acceptors (Lipinski definition) is 2. The van der Waals surface area contributed by atoms with Crippen LogP contribution in [-0.4, -0.2) is 18.1 Å². The summed E-state index contributed by atoms with van der Waals surface area (Å²) in [5.74, 6) is 4.63. The molecule has 6 heteroatoms. The van der Waals surface area contributed by atoms with Crippen LogP contribution >= 0.6 is 15.9 Å². The highest BCUT2D eigenvalue weighted by molar-refractivity contribution is 9.10. The summed E-state index contributed by atoms with van der Waals surface area (Å²) >= 11 is 3.05. The molecule has 0 heterocycles. The van der Waals surface area contributed by atoms with Crippen molar-refractivity contribution in [2.45, 2.75) is 6.36 Å². The van der Waals surface area contributed by atoms with Crippen LogP contribution in [0.4, 0.5) is 13.2 Å². The first kappa shape index (κ1) is 12.9. The van der Waals surface area contributed by atoms with E-state index in [1.807, 2.05) is 0 Å². The van der Waals surface area contributed by atoms with Gasteiger partial charge in [0.15, 0.2) is 0 Å². The summed E-state index contributed by atoms with van der Waals surface area (Å²) in [6.45, 7) is -0.312. The zero-order valence-corrected chi connectivity index (χ0v) is 9.39. The molecule has 1 aromatic carbocycles. The largest absolute Gasteiger partial charge is 0.573 e. The average molecular weight is 295 g/mol. The SMILES string of the molecule is OCC#Cc1ccc(OC(F)(F)F)cc1Br. The molecule has 1 N–H and O–H groups in total. The number of aliphatic hydroxyl groups is 1. The highest BCUT2D eigenvalue weighted by Gasteiger charge is 2.31. The van der Waals surface area contributed by atoms with Crippen LogP contribution in [0.5, 0.6) is 5.75 Å². The summed E-state index contributed by atoms with van der Waals surface area (Å²) in [6, 6.07) is 3.68. The number of benzene rings is 1. The van der Waals surface area contributed by atoms with E-state index >= 15 is 0 Å². The molecule has 0 unspecified atom stereocenters. The predicted octanol–water partition coefficient (Wildman–Crippen LogP) is 2.69. The van der Waals surface area contributed by atoms with Gasteiger partial charge in [0, 0.05) is 10.0 Å². The van der Waals surface area contributed by atoms with E-state index in [1.54, 1.807) is 0 Å². The van der Waals surface area contributed by atoms with E-state index in [0.29, 0.717) is 10.0 Å². The number of hydrogen-bond donors (Lipinski definition) is 1. The summed E-state index contributed by atoms with van der Waals surface area (Å²) in [5.41, 5.74) is 0.476. The molecule has 1 rings (SSSR count). The Balaban J connectivity index is 2.91. The molecule has 0 aromatic heterocycles. The van der Waals surface area contributed by atoms with Gasteiger partial charge in [-0.1, -0.05) is 11.8 Å². The molecule has 0 atom stereocenters. The van der Waals surface area contributed by atoms with Crippen molar-refractivity contribution in [3.05, 3.63) is 28.2 Å². The van der Waals surface area contributed by atoms with Crippen molar-refractivity contribution >= 4 is 15.9 Å². The minimum Gasteiger partial charge on any atom is -0.406 e. The molecule has 0 bridgehead atoms. The monoisotopic (exact) mass is 294 g/mol. The van der Waals surface area contributed by atoms with Crippen molar-refractivity contribution in [1.82, 2.24) is 0 Å². The lowest BCUT2D eigenvalue weighted by atomic mass is 10.2. The van der Waals surface area contributed by atoms with Crippen LogP contribution in [0.2, 0.25) is 0 Å². The smallest absolute Gasteiger partial charge is 0.406 e. The number of aliphatic hydroxyl groups excluding tert-OH is 1. The molecule has 86 valence electrons. The Morgan fingerprint density at radius 1 is 1.38 bits per heavy atom. The van der Waals surface area contributed by atoms with E-state index in [4.69, 9.17) is 5.11 Å². The van der Waals surface area contributed by atoms with Crippen LogP contribution in [0, 0.1) is 11.8 Å². The van der Waals surface area contributed by atoms with E-state index in [2.05, 4.69) is 32.5 Å². The van der Waals surface area contributed by atoms with Crippen LogP contribution < -0.4 is 4.74 Å². The summed E-state index contributed by atoms with van der Waals surface area (Å²) in [5, 5.41) is 8.46. The van der Waals surface area contributed by atoms with E-state index in [-0.39, 0.29) is 12.4 Å². The Morgan fingerprint density at radius 2 is 2.06 bits per heavy atom. The second-order valence-electron chi connectivity index (χ2n) is 2.65. The molecule has 0 amide bonds. The maximum absolute atomic E-state index is 11.9. The second-order valence-corrected chi connectivity index (χ2v) is 3.50. The summed E-state index contributed by atoms with van der Waals surface area (Å²) in [6.07, 6.45) is -4.71. The van der Waals surface area contributed by atoms with Gasteiger partial charge < -0.3 is 9.84 Å². The molecule has 0 aliphatic carbocycles. The Hall–Kier alpha value is -1.19. The summed E-state index contributed by atoms with van der Waals surface area (Å²) < 4.78 is 39.7. The van der Waals surface area contributed by atoms with Crippen LogP contribution in [0.15, 0.2) is 22.7 Å². The number of halogens is 4. The first-order valence-electron chi connectivity index (χ1n) is 4.07. The molecule has 0 aliphatic heterocycles. The molecule has 0 saturated carbocycles. The zero-order valence-electron chi connectivity index (χ0n) is 7.81. The first-order valence-corrected chi connectivity index (χ1v) is 4.86. The van der Waals surface area contributed by atoms with Gasteiger partial charge in [-0.3, -0.25) is 0 Å². The molecule has 1 aromatic rings. The molecule has 0 fully saturated rings. The third-order valence-corrected chi connectivity index (χ3v) is 2.13. The van der Waals surface area contributed by atoms with Crippen LogP contribution in [0.25, 0.3) is 0 Å². The van der Waals surface area contributed by atoms with Gasteiger partial charge in [-0.2, -0.15) is 0 Å². The van der Waals surface area contributed by atoms with Crippen LogP contribution in [0.3, 0.4) is 0 Å². The maximum Gasteiger partial charge on any atom is 0.573 e. The topological polar surface area (TPSA) is 29.5 Å². The van der Waals surface area contributed by atoms with Gasteiger partial charge in [0.25, 0.3) is 0 Å². The van der Waals surface area contributed by atoms with Gasteiger partial charge in [-0.15, -0.1) is 13.2 Å². The quantitative estimate of drug-likeness (QED) is 0.807. The molecule has 16 heavy (non-hydrogen) atoms. The Morgan fingerprint density at radius 3 is 2.56 bits per heavy atom. The third-order valence-electron chi connectivity index (χ3n) is 1.48. The number of rotatable bonds is 1. The van der Waals surface area contributed by atoms with Gasteiger partial charge in [-0.05, 0) is 34.1 Å². The van der Waals surface area contributed by atoms with Crippen molar-refractivity contribution in [2.24, 2.45) is 0 Å². The highest BCUT2D eigenvalue weighted by Crippen LogP contribution is 2.27. The fourth-order valence-corrected chi connectivity index (χ4v) is 1.39. The minimum atomic E-state index is -4.71. The van der Waals surface area contributed by atoms with Crippen molar-refractivity contribution in [3.63, 3.8) is 0 Å².